The van der Waals surface area contributed by atoms with Crippen LogP contribution in [0, 0.1) is 0 Å². The van der Waals surface area contributed by atoms with Gasteiger partial charge in [0, 0.05) is 14.1 Å². The number of hydrogen-bond donors (Lipinski definition) is 1. The van der Waals surface area contributed by atoms with Crippen LogP contribution >= 0.6 is 12.4 Å². The Balaban J connectivity index is 0.00000484. The molecule has 0 atom stereocenters. The van der Waals surface area contributed by atoms with E-state index in [1.54, 1.807) is 19.0 Å². The van der Waals surface area contributed by atoms with Crippen LogP contribution in [0.15, 0.2) is 24.3 Å². The van der Waals surface area contributed by atoms with Crippen LogP contribution in [0.25, 0.3) is 0 Å². The van der Waals surface area contributed by atoms with Crippen molar-refractivity contribution in [3.8, 4) is 5.75 Å². The molecule has 1 rings (SSSR count). The van der Waals surface area contributed by atoms with Crippen molar-refractivity contribution in [2.75, 3.05) is 33.8 Å². The maximum Gasteiger partial charge on any atom is 0.236 e. The minimum atomic E-state index is 0. The summed E-state index contributed by atoms with van der Waals surface area (Å²) in [6, 6.07) is 8.22. The highest BCUT2D eigenvalue weighted by molar-refractivity contribution is 5.85. The minimum Gasteiger partial charge on any atom is -0.494 e. The summed E-state index contributed by atoms with van der Waals surface area (Å²) in [5.74, 6) is 1.04. The Labute approximate surface area is 147 Å². The minimum absolute atomic E-state index is 0. The molecule has 0 aliphatic heterocycles. The number of benzene rings is 1. The van der Waals surface area contributed by atoms with Crippen LogP contribution in [0.3, 0.4) is 0 Å². The van der Waals surface area contributed by atoms with Gasteiger partial charge in [-0.1, -0.05) is 38.3 Å². The van der Waals surface area contributed by atoms with E-state index in [1.807, 2.05) is 12.1 Å². The maximum atomic E-state index is 11.4. The molecule has 5 heteroatoms. The van der Waals surface area contributed by atoms with Gasteiger partial charge in [-0.2, -0.15) is 0 Å². The van der Waals surface area contributed by atoms with Gasteiger partial charge in [-0.05, 0) is 37.1 Å². The molecule has 1 aromatic carbocycles. The van der Waals surface area contributed by atoms with Gasteiger partial charge < -0.3 is 15.0 Å². The number of likely N-dealkylation sites (N-methyl/N-ethyl adjacent to an activating group) is 1. The normalized spacial score (nSPS) is 10.0. The van der Waals surface area contributed by atoms with E-state index in [4.69, 9.17) is 4.74 Å². The predicted molar refractivity (Wildman–Crippen MR) is 98.6 cm³/mol. The van der Waals surface area contributed by atoms with Crippen molar-refractivity contribution in [2.45, 2.75) is 39.0 Å². The van der Waals surface area contributed by atoms with Gasteiger partial charge >= 0.3 is 0 Å². The van der Waals surface area contributed by atoms with E-state index in [1.165, 1.54) is 24.8 Å². The van der Waals surface area contributed by atoms with Gasteiger partial charge in [0.15, 0.2) is 0 Å². The van der Waals surface area contributed by atoms with Gasteiger partial charge in [0.05, 0.1) is 13.2 Å². The standard InChI is InChI=1S/C18H30N2O2.ClH/c1-4-5-6-7-13-22-17-10-8-9-16(14-17)11-12-19-15-18(21)20(2)3;/h8-10,14,19H,4-7,11-13,15H2,1-3H3;1H. The number of carbonyl (C=O) groups is 1. The van der Waals surface area contributed by atoms with E-state index in [0.717, 1.165) is 31.7 Å². The summed E-state index contributed by atoms with van der Waals surface area (Å²) < 4.78 is 5.79. The number of carbonyl (C=O) groups excluding carboxylic acids is 1. The van der Waals surface area contributed by atoms with E-state index in [-0.39, 0.29) is 18.3 Å². The zero-order valence-electron chi connectivity index (χ0n) is 14.6. The molecular weight excluding hydrogens is 312 g/mol. The molecule has 1 amide bonds. The Hall–Kier alpha value is -1.26. The number of nitrogens with one attached hydrogen (secondary N) is 1. The van der Waals surface area contributed by atoms with Crippen LogP contribution in [0.4, 0.5) is 0 Å². The maximum absolute atomic E-state index is 11.4. The summed E-state index contributed by atoms with van der Waals surface area (Å²) in [4.78, 5) is 13.0. The molecule has 0 saturated heterocycles. The summed E-state index contributed by atoms with van der Waals surface area (Å²) >= 11 is 0. The zero-order valence-corrected chi connectivity index (χ0v) is 15.5. The lowest BCUT2D eigenvalue weighted by Gasteiger charge is -2.11. The second-order valence-electron chi connectivity index (χ2n) is 5.77. The lowest BCUT2D eigenvalue weighted by Crippen LogP contribution is -2.33. The van der Waals surface area contributed by atoms with Gasteiger partial charge in [-0.25, -0.2) is 0 Å². The van der Waals surface area contributed by atoms with E-state index in [2.05, 4.69) is 24.4 Å². The molecule has 0 radical (unpaired) electrons. The van der Waals surface area contributed by atoms with Gasteiger partial charge in [0.1, 0.15) is 5.75 Å². The summed E-state index contributed by atoms with van der Waals surface area (Å²) in [6.07, 6.45) is 5.78. The molecule has 0 spiro atoms. The van der Waals surface area contributed by atoms with Crippen molar-refractivity contribution in [1.82, 2.24) is 10.2 Å². The zero-order chi connectivity index (χ0) is 16.2. The van der Waals surface area contributed by atoms with Crippen molar-refractivity contribution in [2.24, 2.45) is 0 Å². The summed E-state index contributed by atoms with van der Waals surface area (Å²) in [7, 11) is 3.54. The summed E-state index contributed by atoms with van der Waals surface area (Å²) in [5, 5.41) is 3.17. The molecule has 0 unspecified atom stereocenters. The molecule has 132 valence electrons. The molecule has 1 N–H and O–H groups in total. The fraction of sp³-hybridized carbons (Fsp3) is 0.611. The van der Waals surface area contributed by atoms with Gasteiger partial charge in [0.25, 0.3) is 0 Å². The fourth-order valence-corrected chi connectivity index (χ4v) is 2.10. The Morgan fingerprint density at radius 3 is 2.70 bits per heavy atom. The highest BCUT2D eigenvalue weighted by atomic mass is 35.5. The average molecular weight is 343 g/mol. The molecular formula is C18H31ClN2O2. The third-order valence-electron chi connectivity index (χ3n) is 3.53. The van der Waals surface area contributed by atoms with Gasteiger partial charge in [0.2, 0.25) is 5.91 Å². The highest BCUT2D eigenvalue weighted by Gasteiger charge is 2.02. The molecule has 23 heavy (non-hydrogen) atoms. The molecule has 0 aliphatic rings. The average Bonchev–Trinajstić information content (AvgIpc) is 2.51. The van der Waals surface area contributed by atoms with Crippen molar-refractivity contribution < 1.29 is 9.53 Å². The van der Waals surface area contributed by atoms with Crippen molar-refractivity contribution in [3.05, 3.63) is 29.8 Å². The molecule has 0 saturated carbocycles. The Kier molecular flexibility index (Phi) is 12.5. The van der Waals surface area contributed by atoms with E-state index in [0.29, 0.717) is 6.54 Å². The van der Waals surface area contributed by atoms with Crippen LogP contribution < -0.4 is 10.1 Å². The Bertz CT molecular complexity index is 439. The first-order valence-electron chi connectivity index (χ1n) is 8.26. The van der Waals surface area contributed by atoms with Crippen molar-refractivity contribution in [1.29, 1.82) is 0 Å². The Morgan fingerprint density at radius 2 is 2.00 bits per heavy atom. The number of hydrogen-bond acceptors (Lipinski definition) is 3. The Morgan fingerprint density at radius 1 is 1.22 bits per heavy atom. The predicted octanol–water partition coefficient (Wildman–Crippen LogP) is 3.29. The number of ether oxygens (including phenoxy) is 1. The molecule has 4 nitrogen and oxygen atoms in total. The van der Waals surface area contributed by atoms with E-state index < -0.39 is 0 Å². The summed E-state index contributed by atoms with van der Waals surface area (Å²) in [6.45, 7) is 4.18. The number of amides is 1. The molecule has 0 heterocycles. The topological polar surface area (TPSA) is 41.6 Å². The first kappa shape index (κ1) is 21.7. The second kappa shape index (κ2) is 13.2. The SMILES string of the molecule is CCCCCCOc1cccc(CCNCC(=O)N(C)C)c1.Cl. The van der Waals surface area contributed by atoms with E-state index in [9.17, 15) is 4.79 Å². The lowest BCUT2D eigenvalue weighted by molar-refractivity contribution is -0.127. The first-order valence-corrected chi connectivity index (χ1v) is 8.26. The molecule has 1 aromatic rings. The molecule has 0 bridgehead atoms. The third-order valence-corrected chi connectivity index (χ3v) is 3.53. The molecule has 0 aliphatic carbocycles. The quantitative estimate of drug-likeness (QED) is 0.627. The summed E-state index contributed by atoms with van der Waals surface area (Å²) in [5.41, 5.74) is 1.23. The van der Waals surface area contributed by atoms with Crippen LogP contribution in [-0.2, 0) is 11.2 Å². The van der Waals surface area contributed by atoms with Crippen LogP contribution in [0.1, 0.15) is 38.2 Å². The van der Waals surface area contributed by atoms with Crippen LogP contribution in [0.2, 0.25) is 0 Å². The van der Waals surface area contributed by atoms with Crippen molar-refractivity contribution in [3.63, 3.8) is 0 Å². The van der Waals surface area contributed by atoms with Gasteiger partial charge in [-0.3, -0.25) is 4.79 Å². The third kappa shape index (κ3) is 10.2. The smallest absolute Gasteiger partial charge is 0.236 e. The highest BCUT2D eigenvalue weighted by Crippen LogP contribution is 2.14. The largest absolute Gasteiger partial charge is 0.494 e. The number of unbranched alkanes of at least 4 members (excludes halogenated alkanes) is 3. The van der Waals surface area contributed by atoms with E-state index >= 15 is 0 Å². The molecule has 0 aromatic heterocycles. The molecule has 0 fully saturated rings. The number of halogens is 1. The lowest BCUT2D eigenvalue weighted by atomic mass is 10.1. The number of rotatable bonds is 11. The van der Waals surface area contributed by atoms with Crippen LogP contribution in [0.5, 0.6) is 5.75 Å². The van der Waals surface area contributed by atoms with Crippen molar-refractivity contribution >= 4 is 18.3 Å². The van der Waals surface area contributed by atoms with Crippen LogP contribution in [-0.4, -0.2) is 44.6 Å². The first-order chi connectivity index (χ1) is 10.6. The van der Waals surface area contributed by atoms with Gasteiger partial charge in [-0.15, -0.1) is 12.4 Å². The second-order valence-corrected chi connectivity index (χ2v) is 5.77. The number of nitrogens with zero attached hydrogens (tertiary/aromatic N) is 1. The monoisotopic (exact) mass is 342 g/mol. The fourth-order valence-electron chi connectivity index (χ4n) is 2.10.